The summed E-state index contributed by atoms with van der Waals surface area (Å²) >= 11 is 0. The second kappa shape index (κ2) is 7.70. The maximum atomic E-state index is 13.1. The van der Waals surface area contributed by atoms with Gasteiger partial charge in [-0.25, -0.2) is 0 Å². The zero-order valence-corrected chi connectivity index (χ0v) is 19.2. The van der Waals surface area contributed by atoms with Gasteiger partial charge in [0.25, 0.3) is 0 Å². The van der Waals surface area contributed by atoms with Gasteiger partial charge in [-0.05, 0) is 79.5 Å². The van der Waals surface area contributed by atoms with Crippen LogP contribution in [0.5, 0.6) is 0 Å². The second-order valence-electron chi connectivity index (χ2n) is 11.1. The summed E-state index contributed by atoms with van der Waals surface area (Å²) in [6, 6.07) is 0. The Morgan fingerprint density at radius 3 is 2.11 bits per heavy atom. The lowest BCUT2D eigenvalue weighted by atomic mass is 9.60. The lowest BCUT2D eigenvalue weighted by Crippen LogP contribution is -2.52. The Kier molecular flexibility index (Phi) is 6.49. The fourth-order valence-electron chi connectivity index (χ4n) is 4.74. The molecule has 0 spiro atoms. The Morgan fingerprint density at radius 1 is 1.07 bits per heavy atom. The Balaban J connectivity index is 1.99. The molecule has 3 unspecified atom stereocenters. The van der Waals surface area contributed by atoms with Crippen molar-refractivity contribution in [3.05, 3.63) is 0 Å². The topological polar surface area (TPSA) is 47.6 Å². The zero-order valence-electron chi connectivity index (χ0n) is 19.2. The molecular formula is C22H42BNO3. The minimum atomic E-state index is -0.277. The van der Waals surface area contributed by atoms with Gasteiger partial charge in [0.05, 0.1) is 11.2 Å². The molecule has 1 saturated carbocycles. The molecule has 0 bridgehead atoms. The number of hydrogen-bond donors (Lipinski definition) is 1. The van der Waals surface area contributed by atoms with Crippen molar-refractivity contribution in [2.45, 2.75) is 117 Å². The van der Waals surface area contributed by atoms with Crippen molar-refractivity contribution in [3.8, 4) is 0 Å². The molecule has 2 rings (SSSR count). The molecule has 1 heterocycles. The van der Waals surface area contributed by atoms with E-state index in [-0.39, 0.29) is 35.2 Å². The highest BCUT2D eigenvalue weighted by Crippen LogP contribution is 2.47. The van der Waals surface area contributed by atoms with Gasteiger partial charge in [-0.15, -0.1) is 0 Å². The summed E-state index contributed by atoms with van der Waals surface area (Å²) in [7, 11) is -0.131. The summed E-state index contributed by atoms with van der Waals surface area (Å²) in [6.07, 6.45) is 6.34. The van der Waals surface area contributed by atoms with Gasteiger partial charge in [-0.3, -0.25) is 4.79 Å². The summed E-state index contributed by atoms with van der Waals surface area (Å²) in [5.74, 6) is 1.25. The van der Waals surface area contributed by atoms with E-state index in [9.17, 15) is 4.79 Å². The number of hydrogen-bond acceptors (Lipinski definition) is 3. The summed E-state index contributed by atoms with van der Waals surface area (Å²) in [5, 5.41) is 3.24. The van der Waals surface area contributed by atoms with Gasteiger partial charge >= 0.3 is 7.12 Å². The predicted molar refractivity (Wildman–Crippen MR) is 113 cm³/mol. The van der Waals surface area contributed by atoms with Crippen LogP contribution in [-0.4, -0.2) is 29.8 Å². The average molecular weight is 379 g/mol. The smallest absolute Gasteiger partial charge is 0.403 e. The summed E-state index contributed by atoms with van der Waals surface area (Å²) in [5.41, 5.74) is -0.994. The van der Waals surface area contributed by atoms with Crippen LogP contribution in [0.15, 0.2) is 0 Å². The van der Waals surface area contributed by atoms with Gasteiger partial charge in [0.2, 0.25) is 5.91 Å². The molecule has 1 aliphatic heterocycles. The SMILES string of the molecule is CCC1CCC(CCB2OC(C)(C)C(C)(C)O2)CC1(C)C(=O)NC(C)(C)C. The van der Waals surface area contributed by atoms with Gasteiger partial charge in [-0.2, -0.15) is 0 Å². The number of carbonyl (C=O) groups is 1. The predicted octanol–water partition coefficient (Wildman–Crippen LogP) is 5.22. The van der Waals surface area contributed by atoms with Crippen molar-refractivity contribution in [1.29, 1.82) is 0 Å². The van der Waals surface area contributed by atoms with Crippen LogP contribution in [-0.2, 0) is 14.1 Å². The quantitative estimate of drug-likeness (QED) is 0.667. The molecule has 27 heavy (non-hydrogen) atoms. The molecule has 156 valence electrons. The van der Waals surface area contributed by atoms with Crippen molar-refractivity contribution < 1.29 is 14.1 Å². The van der Waals surface area contributed by atoms with Crippen LogP contribution in [0.1, 0.15) is 94.4 Å². The van der Waals surface area contributed by atoms with Crippen LogP contribution in [0.3, 0.4) is 0 Å². The van der Waals surface area contributed by atoms with Crippen LogP contribution < -0.4 is 5.32 Å². The first-order chi connectivity index (χ1) is 12.2. The minimum Gasteiger partial charge on any atom is -0.403 e. The first-order valence-electron chi connectivity index (χ1n) is 10.9. The average Bonchev–Trinajstić information content (AvgIpc) is 2.71. The molecule has 1 aliphatic carbocycles. The van der Waals surface area contributed by atoms with Crippen molar-refractivity contribution in [2.75, 3.05) is 0 Å². The first kappa shape index (κ1) is 22.7. The molecule has 1 saturated heterocycles. The summed E-state index contributed by atoms with van der Waals surface area (Å²) < 4.78 is 12.3. The van der Waals surface area contributed by atoms with E-state index >= 15 is 0 Å². The lowest BCUT2D eigenvalue weighted by molar-refractivity contribution is -0.138. The van der Waals surface area contributed by atoms with Crippen molar-refractivity contribution in [2.24, 2.45) is 17.3 Å². The van der Waals surface area contributed by atoms with Crippen LogP contribution in [0.25, 0.3) is 0 Å². The second-order valence-corrected chi connectivity index (χ2v) is 11.1. The minimum absolute atomic E-state index is 0.131. The third-order valence-corrected chi connectivity index (χ3v) is 7.15. The van der Waals surface area contributed by atoms with Gasteiger partial charge in [0, 0.05) is 11.0 Å². The molecule has 0 radical (unpaired) electrons. The highest BCUT2D eigenvalue weighted by molar-refractivity contribution is 6.45. The van der Waals surface area contributed by atoms with Crippen molar-refractivity contribution in [3.63, 3.8) is 0 Å². The van der Waals surface area contributed by atoms with E-state index in [2.05, 4.69) is 67.6 Å². The largest absolute Gasteiger partial charge is 0.457 e. The van der Waals surface area contributed by atoms with Crippen LogP contribution in [0, 0.1) is 17.3 Å². The Hall–Kier alpha value is -0.545. The highest BCUT2D eigenvalue weighted by atomic mass is 16.7. The summed E-state index contributed by atoms with van der Waals surface area (Å²) in [6.45, 7) is 19.0. The fourth-order valence-corrected chi connectivity index (χ4v) is 4.74. The van der Waals surface area contributed by atoms with E-state index in [0.717, 1.165) is 32.0 Å². The maximum absolute atomic E-state index is 13.1. The van der Waals surface area contributed by atoms with E-state index in [1.165, 1.54) is 6.42 Å². The molecule has 0 aromatic heterocycles. The maximum Gasteiger partial charge on any atom is 0.457 e. The molecule has 5 heteroatoms. The standard InChI is InChI=1S/C22H42BNO3/c1-10-17-12-11-16(15-22(17,9)18(25)24-19(2,3)4)13-14-23-26-20(5,6)21(7,8)27-23/h16-17H,10-15H2,1-9H3,(H,24,25). The fraction of sp³-hybridized carbons (Fsp3) is 0.955. The molecule has 1 N–H and O–H groups in total. The molecular weight excluding hydrogens is 337 g/mol. The zero-order chi connectivity index (χ0) is 20.7. The van der Waals surface area contributed by atoms with Crippen molar-refractivity contribution in [1.82, 2.24) is 5.32 Å². The van der Waals surface area contributed by atoms with Crippen molar-refractivity contribution >= 4 is 13.0 Å². The van der Waals surface area contributed by atoms with Crippen LogP contribution in [0.2, 0.25) is 6.32 Å². The molecule has 2 aliphatic rings. The third-order valence-electron chi connectivity index (χ3n) is 7.15. The molecule has 3 atom stereocenters. The van der Waals surface area contributed by atoms with E-state index in [0.29, 0.717) is 11.8 Å². The Labute approximate surface area is 167 Å². The van der Waals surface area contributed by atoms with E-state index in [1.807, 2.05) is 0 Å². The van der Waals surface area contributed by atoms with Gasteiger partial charge < -0.3 is 14.6 Å². The number of amides is 1. The Bertz CT molecular complexity index is 524. The molecule has 1 amide bonds. The molecule has 0 aromatic rings. The normalized spacial score (nSPS) is 33.1. The van der Waals surface area contributed by atoms with Crippen LogP contribution in [0.4, 0.5) is 0 Å². The number of rotatable bonds is 5. The third kappa shape index (κ3) is 5.09. The van der Waals surface area contributed by atoms with Gasteiger partial charge in [0.1, 0.15) is 0 Å². The van der Waals surface area contributed by atoms with Crippen LogP contribution >= 0.6 is 0 Å². The number of nitrogens with one attached hydrogen (secondary N) is 1. The van der Waals surface area contributed by atoms with Gasteiger partial charge in [-0.1, -0.05) is 33.1 Å². The van der Waals surface area contributed by atoms with Gasteiger partial charge in [0.15, 0.2) is 0 Å². The lowest BCUT2D eigenvalue weighted by Gasteiger charge is -2.44. The molecule has 2 fully saturated rings. The monoisotopic (exact) mass is 379 g/mol. The Morgan fingerprint density at radius 2 is 1.63 bits per heavy atom. The van der Waals surface area contributed by atoms with E-state index < -0.39 is 0 Å². The van der Waals surface area contributed by atoms with E-state index in [4.69, 9.17) is 9.31 Å². The molecule has 0 aromatic carbocycles. The highest BCUT2D eigenvalue weighted by Gasteiger charge is 2.51. The number of carbonyl (C=O) groups excluding carboxylic acids is 1. The summed E-state index contributed by atoms with van der Waals surface area (Å²) in [4.78, 5) is 13.1. The molecule has 4 nitrogen and oxygen atoms in total. The first-order valence-corrected chi connectivity index (χ1v) is 10.9. The van der Waals surface area contributed by atoms with E-state index in [1.54, 1.807) is 0 Å².